The quantitative estimate of drug-likeness (QED) is 0.761. The Balaban J connectivity index is 2.70. The summed E-state index contributed by atoms with van der Waals surface area (Å²) in [5.41, 5.74) is 0.0600. The van der Waals surface area contributed by atoms with E-state index in [2.05, 4.69) is 0 Å². The van der Waals surface area contributed by atoms with Gasteiger partial charge in [-0.2, -0.15) is 0 Å². The summed E-state index contributed by atoms with van der Waals surface area (Å²) in [5.74, 6) is -1.27. The van der Waals surface area contributed by atoms with Crippen molar-refractivity contribution in [1.82, 2.24) is 0 Å². The van der Waals surface area contributed by atoms with E-state index in [4.69, 9.17) is 9.84 Å². The molecule has 0 amide bonds. The third-order valence-electron chi connectivity index (χ3n) is 2.21. The van der Waals surface area contributed by atoms with Gasteiger partial charge in [0.05, 0.1) is 26.7 Å². The number of carboxylic acid groups (broad SMARTS) is 1. The first kappa shape index (κ1) is 13.3. The molecule has 17 heavy (non-hydrogen) atoms. The number of quaternary nitrogens is 1. The number of carbonyl (C=O) groups is 1. The number of ether oxygens (including phenoxy) is 1. The van der Waals surface area contributed by atoms with Crippen LogP contribution in [0.2, 0.25) is 0 Å². The maximum atomic E-state index is 11.4. The molecule has 0 bridgehead atoms. The van der Waals surface area contributed by atoms with Crippen LogP contribution in [0.25, 0.3) is 0 Å². The van der Waals surface area contributed by atoms with E-state index in [0.717, 1.165) is 6.54 Å². The van der Waals surface area contributed by atoms with Crippen molar-refractivity contribution < 1.29 is 24.2 Å². The molecule has 0 radical (unpaired) electrons. The summed E-state index contributed by atoms with van der Waals surface area (Å²) in [4.78, 5) is 10.7. The first-order chi connectivity index (χ1) is 7.79. The lowest BCUT2D eigenvalue weighted by Gasteiger charge is -2.24. The fourth-order valence-electron chi connectivity index (χ4n) is 1.18. The topological polar surface area (TPSA) is 69.6 Å². The van der Waals surface area contributed by atoms with Crippen LogP contribution in [0, 0.1) is 0 Å². The molecule has 0 heterocycles. The zero-order chi connectivity index (χ0) is 13.1. The third kappa shape index (κ3) is 4.32. The average molecular weight is 239 g/mol. The lowest BCUT2D eigenvalue weighted by atomic mass is 10.2. The van der Waals surface area contributed by atoms with Gasteiger partial charge in [-0.15, -0.1) is 0 Å². The molecular formula is C12H17NO4. The Morgan fingerprint density at radius 1 is 1.41 bits per heavy atom. The summed E-state index contributed by atoms with van der Waals surface area (Å²) in [7, 11) is 6.03. The minimum absolute atomic E-state index is 0.0600. The number of aromatic carboxylic acids is 1. The van der Waals surface area contributed by atoms with Crippen LogP contribution in [-0.2, 0) is 0 Å². The van der Waals surface area contributed by atoms with Crippen LogP contribution >= 0.6 is 0 Å². The Bertz CT molecular complexity index is 409. The lowest BCUT2D eigenvalue weighted by Crippen LogP contribution is -2.38. The van der Waals surface area contributed by atoms with Crippen molar-refractivity contribution >= 4 is 5.97 Å². The number of hydrogen-bond donors (Lipinski definition) is 1. The number of carboxylic acids is 1. The number of nitrogens with zero attached hydrogens (tertiary/aromatic N) is 1. The highest BCUT2D eigenvalue weighted by Crippen LogP contribution is 2.24. The van der Waals surface area contributed by atoms with E-state index in [9.17, 15) is 9.90 Å². The first-order valence-electron chi connectivity index (χ1n) is 5.27. The molecule has 0 aliphatic carbocycles. The Kier molecular flexibility index (Phi) is 3.96. The molecule has 0 atom stereocenters. The molecule has 5 nitrogen and oxygen atoms in total. The van der Waals surface area contributed by atoms with E-state index >= 15 is 0 Å². The summed E-state index contributed by atoms with van der Waals surface area (Å²) in [6, 6.07) is 3.75. The van der Waals surface area contributed by atoms with Crippen molar-refractivity contribution in [3.05, 3.63) is 23.8 Å². The van der Waals surface area contributed by atoms with Gasteiger partial charge in [0.2, 0.25) is 0 Å². The van der Waals surface area contributed by atoms with Gasteiger partial charge in [-0.05, 0) is 12.1 Å². The molecule has 1 aromatic rings. The second-order valence-electron chi connectivity index (χ2n) is 4.83. The normalized spacial score (nSPS) is 11.2. The van der Waals surface area contributed by atoms with Crippen molar-refractivity contribution in [3.8, 4) is 11.5 Å². The largest absolute Gasteiger partial charge is 0.870 e. The van der Waals surface area contributed by atoms with Gasteiger partial charge in [0, 0.05) is 0 Å². The Hall–Kier alpha value is -1.75. The maximum Gasteiger partial charge on any atom is 0.335 e. The molecule has 0 spiro atoms. The van der Waals surface area contributed by atoms with Gasteiger partial charge >= 0.3 is 5.97 Å². The monoisotopic (exact) mass is 239 g/mol. The molecule has 0 aromatic heterocycles. The number of benzene rings is 1. The van der Waals surface area contributed by atoms with Crippen molar-refractivity contribution in [2.45, 2.75) is 0 Å². The van der Waals surface area contributed by atoms with Crippen molar-refractivity contribution in [2.75, 3.05) is 34.3 Å². The highest BCUT2D eigenvalue weighted by Gasteiger charge is 2.08. The van der Waals surface area contributed by atoms with Crippen LogP contribution in [0.1, 0.15) is 10.4 Å². The SMILES string of the molecule is C[N+](C)(C)CCOc1cc(C(=O)O)ccc1[O-]. The van der Waals surface area contributed by atoms with Gasteiger partial charge in [0.1, 0.15) is 18.9 Å². The smallest absolute Gasteiger partial charge is 0.335 e. The predicted octanol–water partition coefficient (Wildman–Crippen LogP) is 0.543. The maximum absolute atomic E-state index is 11.4. The van der Waals surface area contributed by atoms with Gasteiger partial charge in [-0.25, -0.2) is 4.79 Å². The van der Waals surface area contributed by atoms with Crippen LogP contribution in [0.3, 0.4) is 0 Å². The summed E-state index contributed by atoms with van der Waals surface area (Å²) < 4.78 is 6.03. The summed E-state index contributed by atoms with van der Waals surface area (Å²) in [5, 5.41) is 20.2. The average Bonchev–Trinajstić information content (AvgIpc) is 2.18. The zero-order valence-corrected chi connectivity index (χ0v) is 10.3. The van der Waals surface area contributed by atoms with E-state index in [-0.39, 0.29) is 17.1 Å². The molecule has 1 N–H and O–H groups in total. The third-order valence-corrected chi connectivity index (χ3v) is 2.21. The minimum Gasteiger partial charge on any atom is -0.870 e. The van der Waals surface area contributed by atoms with Crippen molar-refractivity contribution in [1.29, 1.82) is 0 Å². The van der Waals surface area contributed by atoms with Gasteiger partial charge in [-0.3, -0.25) is 0 Å². The van der Waals surface area contributed by atoms with Gasteiger partial charge in [-0.1, -0.05) is 11.8 Å². The summed E-state index contributed by atoms with van der Waals surface area (Å²) in [6.07, 6.45) is 0. The number of rotatable bonds is 5. The molecule has 0 unspecified atom stereocenters. The molecule has 0 aliphatic rings. The van der Waals surface area contributed by atoms with E-state index in [1.54, 1.807) is 0 Å². The van der Waals surface area contributed by atoms with E-state index < -0.39 is 5.97 Å². The highest BCUT2D eigenvalue weighted by atomic mass is 16.5. The molecule has 0 aliphatic heterocycles. The molecule has 5 heteroatoms. The van der Waals surface area contributed by atoms with E-state index in [1.807, 2.05) is 21.1 Å². The molecule has 0 saturated carbocycles. The predicted molar refractivity (Wildman–Crippen MR) is 61.2 cm³/mol. The number of hydrogen-bond acceptors (Lipinski definition) is 3. The van der Waals surface area contributed by atoms with Crippen LogP contribution in [0.5, 0.6) is 11.5 Å². The van der Waals surface area contributed by atoms with Crippen molar-refractivity contribution in [2.24, 2.45) is 0 Å². The standard InChI is InChI=1S/C12H17NO4/c1-13(2,3)6-7-17-11-8-9(12(15)16)4-5-10(11)14/h4-5,8H,6-7H2,1-3H3,(H-,14,15,16). The number of likely N-dealkylation sites (N-methyl/N-ethyl adjacent to an activating group) is 1. The molecule has 0 saturated heterocycles. The van der Waals surface area contributed by atoms with Crippen LogP contribution in [0.15, 0.2) is 18.2 Å². The van der Waals surface area contributed by atoms with Crippen LogP contribution in [0.4, 0.5) is 0 Å². The second-order valence-corrected chi connectivity index (χ2v) is 4.83. The van der Waals surface area contributed by atoms with Crippen LogP contribution < -0.4 is 9.84 Å². The van der Waals surface area contributed by atoms with Gasteiger partial charge in [0.25, 0.3) is 0 Å². The minimum atomic E-state index is -1.07. The Morgan fingerprint density at radius 2 is 2.06 bits per heavy atom. The summed E-state index contributed by atoms with van der Waals surface area (Å²) in [6.45, 7) is 1.11. The zero-order valence-electron chi connectivity index (χ0n) is 10.3. The van der Waals surface area contributed by atoms with E-state index in [1.165, 1.54) is 18.2 Å². The van der Waals surface area contributed by atoms with Crippen molar-refractivity contribution in [3.63, 3.8) is 0 Å². The molecule has 94 valence electrons. The molecule has 1 aromatic carbocycles. The van der Waals surface area contributed by atoms with Crippen LogP contribution in [-0.4, -0.2) is 49.9 Å². The highest BCUT2D eigenvalue weighted by molar-refractivity contribution is 5.88. The summed E-state index contributed by atoms with van der Waals surface area (Å²) >= 11 is 0. The first-order valence-corrected chi connectivity index (χ1v) is 5.27. The Labute approximate surface area is 100 Å². The lowest BCUT2D eigenvalue weighted by molar-refractivity contribution is -0.870. The fraction of sp³-hybridized carbons (Fsp3) is 0.417. The Morgan fingerprint density at radius 3 is 2.59 bits per heavy atom. The van der Waals surface area contributed by atoms with Gasteiger partial charge in [0.15, 0.2) is 0 Å². The van der Waals surface area contributed by atoms with E-state index in [0.29, 0.717) is 11.1 Å². The molecule has 1 rings (SSSR count). The van der Waals surface area contributed by atoms with Gasteiger partial charge < -0.3 is 19.4 Å². The fourth-order valence-corrected chi connectivity index (χ4v) is 1.18. The molecule has 0 fully saturated rings. The second kappa shape index (κ2) is 5.05. The molecular weight excluding hydrogens is 222 g/mol.